The van der Waals surface area contributed by atoms with Crippen molar-refractivity contribution in [3.8, 4) is 0 Å². The summed E-state index contributed by atoms with van der Waals surface area (Å²) < 4.78 is 40.1. The Kier molecular flexibility index (Phi) is 6.92. The third-order valence-corrected chi connectivity index (χ3v) is 5.26. The van der Waals surface area contributed by atoms with Crippen molar-refractivity contribution in [1.29, 1.82) is 0 Å². The molecule has 1 heterocycles. The second-order valence-corrected chi connectivity index (χ2v) is 7.79. The van der Waals surface area contributed by atoms with E-state index >= 15 is 0 Å². The molecule has 0 aliphatic heterocycles. The van der Waals surface area contributed by atoms with Gasteiger partial charge in [0.1, 0.15) is 6.54 Å². The molecule has 31 heavy (non-hydrogen) atoms. The van der Waals surface area contributed by atoms with Crippen molar-refractivity contribution in [3.05, 3.63) is 53.9 Å². The van der Waals surface area contributed by atoms with Crippen LogP contribution >= 0.6 is 0 Å². The van der Waals surface area contributed by atoms with E-state index in [0.29, 0.717) is 19.5 Å². The van der Waals surface area contributed by atoms with Gasteiger partial charge in [-0.1, -0.05) is 6.92 Å². The molecule has 1 fully saturated rings. The predicted molar refractivity (Wildman–Crippen MR) is 111 cm³/mol. The lowest BCUT2D eigenvalue weighted by Crippen LogP contribution is -2.45. The van der Waals surface area contributed by atoms with Gasteiger partial charge in [-0.25, -0.2) is 4.79 Å². The molecule has 1 aliphatic rings. The van der Waals surface area contributed by atoms with E-state index < -0.39 is 17.8 Å². The van der Waals surface area contributed by atoms with Crippen LogP contribution in [0.2, 0.25) is 0 Å². The summed E-state index contributed by atoms with van der Waals surface area (Å²) in [6.07, 6.45) is 0.0257. The maximum Gasteiger partial charge on any atom is 0.416 e. The van der Waals surface area contributed by atoms with Crippen LogP contribution in [-0.2, 0) is 24.6 Å². The molecule has 1 saturated carbocycles. The molecule has 1 aromatic carbocycles. The first-order valence-corrected chi connectivity index (χ1v) is 10.3. The number of anilines is 1. The van der Waals surface area contributed by atoms with Gasteiger partial charge in [0.2, 0.25) is 5.91 Å². The molecule has 0 unspecified atom stereocenters. The summed E-state index contributed by atoms with van der Waals surface area (Å²) in [5.74, 6) is -0.139. The van der Waals surface area contributed by atoms with Gasteiger partial charge >= 0.3 is 12.2 Å². The molecule has 3 amide bonds. The number of aryl methyl sites for hydroxylation is 1. The lowest BCUT2D eigenvalue weighted by molar-refractivity contribution is -0.137. The number of hydrogen-bond acceptors (Lipinski definition) is 2. The smallest absolute Gasteiger partial charge is 0.353 e. The number of aromatic nitrogens is 1. The number of hydrogen-bond donors (Lipinski definition) is 1. The van der Waals surface area contributed by atoms with Crippen LogP contribution < -0.4 is 5.32 Å². The maximum absolute atomic E-state index is 13.0. The summed E-state index contributed by atoms with van der Waals surface area (Å²) in [7, 11) is 1.92. The summed E-state index contributed by atoms with van der Waals surface area (Å²) in [6.45, 7) is 2.65. The Morgan fingerprint density at radius 3 is 2.35 bits per heavy atom. The van der Waals surface area contributed by atoms with Gasteiger partial charge in [0.05, 0.1) is 12.1 Å². The molecule has 1 aromatic heterocycles. The van der Waals surface area contributed by atoms with E-state index in [0.717, 1.165) is 30.7 Å². The zero-order chi connectivity index (χ0) is 22.6. The fourth-order valence-electron chi connectivity index (χ4n) is 3.36. The Hall–Kier alpha value is -2.97. The van der Waals surface area contributed by atoms with Crippen molar-refractivity contribution in [2.75, 3.05) is 18.4 Å². The van der Waals surface area contributed by atoms with Gasteiger partial charge in [0, 0.05) is 37.2 Å². The summed E-state index contributed by atoms with van der Waals surface area (Å²) in [5.41, 5.74) is 0.470. The molecule has 0 bridgehead atoms. The number of benzene rings is 1. The van der Waals surface area contributed by atoms with Crippen LogP contribution in [0.4, 0.5) is 23.7 Å². The average molecular weight is 436 g/mol. The molecular formula is C22H27F3N4O2. The molecule has 0 spiro atoms. The van der Waals surface area contributed by atoms with Crippen molar-refractivity contribution in [3.63, 3.8) is 0 Å². The molecule has 0 atom stereocenters. The van der Waals surface area contributed by atoms with E-state index in [1.807, 2.05) is 41.8 Å². The van der Waals surface area contributed by atoms with E-state index in [-0.39, 0.29) is 24.2 Å². The van der Waals surface area contributed by atoms with Gasteiger partial charge in [-0.05, 0) is 55.7 Å². The average Bonchev–Trinajstić information content (AvgIpc) is 3.47. The minimum atomic E-state index is -4.44. The van der Waals surface area contributed by atoms with Crippen LogP contribution in [0.5, 0.6) is 0 Å². The number of alkyl halides is 3. The van der Waals surface area contributed by atoms with E-state index in [1.165, 1.54) is 17.0 Å². The fourth-order valence-corrected chi connectivity index (χ4v) is 3.36. The molecule has 1 N–H and O–H groups in total. The minimum Gasteiger partial charge on any atom is -0.353 e. The van der Waals surface area contributed by atoms with Crippen molar-refractivity contribution in [2.24, 2.45) is 7.05 Å². The highest BCUT2D eigenvalue weighted by atomic mass is 19.4. The van der Waals surface area contributed by atoms with Crippen LogP contribution in [0.1, 0.15) is 37.4 Å². The third-order valence-electron chi connectivity index (χ3n) is 5.26. The Morgan fingerprint density at radius 2 is 1.84 bits per heavy atom. The number of rotatable bonds is 8. The fraction of sp³-hybridized carbons (Fsp3) is 0.455. The molecular weight excluding hydrogens is 409 g/mol. The SMILES string of the molecule is CCCN(CC(=O)N(Cc1cccn1C)C1CC1)C(=O)Nc1ccc(C(F)(F)F)cc1. The summed E-state index contributed by atoms with van der Waals surface area (Å²) in [6, 6.07) is 7.81. The lowest BCUT2D eigenvalue weighted by atomic mass is 10.2. The molecule has 3 rings (SSSR count). The van der Waals surface area contributed by atoms with E-state index in [1.54, 1.807) is 0 Å². The predicted octanol–water partition coefficient (Wildman–Crippen LogP) is 4.48. The zero-order valence-electron chi connectivity index (χ0n) is 17.7. The van der Waals surface area contributed by atoms with Gasteiger partial charge in [-0.2, -0.15) is 13.2 Å². The van der Waals surface area contributed by atoms with Crippen LogP contribution in [-0.4, -0.2) is 45.4 Å². The highest BCUT2D eigenvalue weighted by Crippen LogP contribution is 2.30. The largest absolute Gasteiger partial charge is 0.416 e. The van der Waals surface area contributed by atoms with E-state index in [4.69, 9.17) is 0 Å². The number of carbonyl (C=O) groups excluding carboxylic acids is 2. The number of halogens is 3. The first-order chi connectivity index (χ1) is 14.7. The summed E-state index contributed by atoms with van der Waals surface area (Å²) in [5, 5.41) is 2.59. The van der Waals surface area contributed by atoms with Gasteiger partial charge in [0.15, 0.2) is 0 Å². The standard InChI is InChI=1S/C22H27F3N4O2/c1-3-12-28(21(31)26-17-8-6-16(7-9-17)22(23,24)25)15-20(30)29(18-10-11-18)14-19-5-4-13-27(19)2/h4-9,13,18H,3,10-12,14-15H2,1-2H3,(H,26,31). The highest BCUT2D eigenvalue weighted by molar-refractivity contribution is 5.92. The second kappa shape index (κ2) is 9.45. The first kappa shape index (κ1) is 22.7. The maximum atomic E-state index is 13.0. The van der Waals surface area contributed by atoms with Gasteiger partial charge < -0.3 is 19.7 Å². The topological polar surface area (TPSA) is 57.6 Å². The van der Waals surface area contributed by atoms with E-state index in [2.05, 4.69) is 5.32 Å². The normalized spacial score (nSPS) is 13.7. The monoisotopic (exact) mass is 436 g/mol. The van der Waals surface area contributed by atoms with Crippen LogP contribution in [0, 0.1) is 0 Å². The lowest BCUT2D eigenvalue weighted by Gasteiger charge is -2.28. The summed E-state index contributed by atoms with van der Waals surface area (Å²) in [4.78, 5) is 29.0. The Morgan fingerprint density at radius 1 is 1.16 bits per heavy atom. The Bertz CT molecular complexity index is 904. The molecule has 6 nitrogen and oxygen atoms in total. The van der Waals surface area contributed by atoms with Crippen LogP contribution in [0.15, 0.2) is 42.6 Å². The zero-order valence-corrected chi connectivity index (χ0v) is 17.7. The Balaban J connectivity index is 1.65. The van der Waals surface area contributed by atoms with Crippen LogP contribution in [0.3, 0.4) is 0 Å². The van der Waals surface area contributed by atoms with Crippen molar-refractivity contribution in [1.82, 2.24) is 14.4 Å². The van der Waals surface area contributed by atoms with Gasteiger partial charge in [-0.3, -0.25) is 4.79 Å². The van der Waals surface area contributed by atoms with Crippen molar-refractivity contribution >= 4 is 17.6 Å². The summed E-state index contributed by atoms with van der Waals surface area (Å²) >= 11 is 0. The third kappa shape index (κ3) is 6.02. The molecule has 168 valence electrons. The molecule has 2 aromatic rings. The van der Waals surface area contributed by atoms with Gasteiger partial charge in [0.25, 0.3) is 0 Å². The number of carbonyl (C=O) groups is 2. The number of nitrogens with zero attached hydrogens (tertiary/aromatic N) is 3. The first-order valence-electron chi connectivity index (χ1n) is 10.3. The number of nitrogens with one attached hydrogen (secondary N) is 1. The van der Waals surface area contributed by atoms with E-state index in [9.17, 15) is 22.8 Å². The highest BCUT2D eigenvalue weighted by Gasteiger charge is 2.34. The Labute approximate surface area is 179 Å². The van der Waals surface area contributed by atoms with Crippen molar-refractivity contribution in [2.45, 2.75) is 44.9 Å². The minimum absolute atomic E-state index is 0.0821. The quantitative estimate of drug-likeness (QED) is 0.664. The second-order valence-electron chi connectivity index (χ2n) is 7.79. The number of amides is 3. The molecule has 1 aliphatic carbocycles. The van der Waals surface area contributed by atoms with Crippen molar-refractivity contribution < 1.29 is 22.8 Å². The van der Waals surface area contributed by atoms with Crippen LogP contribution in [0.25, 0.3) is 0 Å². The van der Waals surface area contributed by atoms with Gasteiger partial charge in [-0.15, -0.1) is 0 Å². The molecule has 0 saturated heterocycles. The molecule has 9 heteroatoms. The molecule has 0 radical (unpaired) electrons. The number of urea groups is 1.